The fraction of sp³-hybridized carbons (Fsp3) is 0.468. The van der Waals surface area contributed by atoms with E-state index in [0.29, 0.717) is 6.42 Å². The number of hydrogen-bond donors (Lipinski definition) is 1. The molecular weight excluding hydrogens is 629 g/mol. The van der Waals surface area contributed by atoms with Crippen LogP contribution >= 0.6 is 0 Å². The first-order valence-corrected chi connectivity index (χ1v) is 18.9. The number of benzene rings is 3. The third-order valence-corrected chi connectivity index (χ3v) is 9.68. The number of carbonyl (C=O) groups excluding carboxylic acids is 1. The number of ether oxygens (including phenoxy) is 2. The van der Waals surface area contributed by atoms with E-state index in [0.717, 1.165) is 84.9 Å². The van der Waals surface area contributed by atoms with Crippen LogP contribution in [0.3, 0.4) is 0 Å². The van der Waals surface area contributed by atoms with Crippen LogP contribution in [-0.4, -0.2) is 29.9 Å². The lowest BCUT2D eigenvalue weighted by Gasteiger charge is -2.31. The highest BCUT2D eigenvalue weighted by molar-refractivity contribution is 6.05. The number of hydrogen-bond acceptors (Lipinski definition) is 4. The van der Waals surface area contributed by atoms with E-state index in [1.165, 1.54) is 35.0 Å². The van der Waals surface area contributed by atoms with Crippen LogP contribution in [0, 0.1) is 0 Å². The van der Waals surface area contributed by atoms with Crippen LogP contribution in [0.25, 0.3) is 21.5 Å². The molecule has 0 aromatic heterocycles. The van der Waals surface area contributed by atoms with Gasteiger partial charge in [-0.2, -0.15) is 0 Å². The summed E-state index contributed by atoms with van der Waals surface area (Å²) < 4.78 is 11.9. The average Bonchev–Trinajstić information content (AvgIpc) is 3.07. The van der Waals surface area contributed by atoms with Gasteiger partial charge in [0.1, 0.15) is 6.10 Å². The Hall–Kier alpha value is -3.73. The molecule has 4 nitrogen and oxygen atoms in total. The van der Waals surface area contributed by atoms with Gasteiger partial charge in [-0.05, 0) is 147 Å². The Morgan fingerprint density at radius 3 is 1.55 bits per heavy atom. The van der Waals surface area contributed by atoms with Crippen LogP contribution < -0.4 is 0 Å². The molecule has 0 unspecified atom stereocenters. The normalized spacial score (nSPS) is 14.5. The van der Waals surface area contributed by atoms with Crippen molar-refractivity contribution in [1.29, 1.82) is 0 Å². The van der Waals surface area contributed by atoms with E-state index in [4.69, 9.17) is 9.47 Å². The lowest BCUT2D eigenvalue weighted by Crippen LogP contribution is -2.41. The van der Waals surface area contributed by atoms with E-state index in [1.54, 1.807) is 13.8 Å². The number of esters is 1. The van der Waals surface area contributed by atoms with Crippen LogP contribution in [0.4, 0.5) is 0 Å². The lowest BCUT2D eigenvalue weighted by atomic mass is 9.92. The maximum atomic E-state index is 13.8. The number of allylic oxidation sites excluding steroid dienone is 10. The minimum Gasteiger partial charge on any atom is -0.457 e. The van der Waals surface area contributed by atoms with Gasteiger partial charge < -0.3 is 14.6 Å². The van der Waals surface area contributed by atoms with Gasteiger partial charge in [0.2, 0.25) is 0 Å². The molecule has 0 radical (unpaired) electrons. The highest BCUT2D eigenvalue weighted by Gasteiger charge is 2.34. The second kappa shape index (κ2) is 21.0. The summed E-state index contributed by atoms with van der Waals surface area (Å²) in [5.74, 6) is -0.490. The Morgan fingerprint density at radius 2 is 1.10 bits per heavy atom. The van der Waals surface area contributed by atoms with Gasteiger partial charge in [0.15, 0.2) is 6.10 Å². The predicted molar refractivity (Wildman–Crippen MR) is 218 cm³/mol. The highest BCUT2D eigenvalue weighted by atomic mass is 16.6. The Bertz CT molecular complexity index is 1670. The van der Waals surface area contributed by atoms with Crippen LogP contribution in [-0.2, 0) is 14.3 Å². The molecule has 51 heavy (non-hydrogen) atoms. The van der Waals surface area contributed by atoms with E-state index >= 15 is 0 Å². The van der Waals surface area contributed by atoms with Gasteiger partial charge in [-0.1, -0.05) is 107 Å². The molecule has 276 valence electrons. The zero-order valence-corrected chi connectivity index (χ0v) is 33.0. The Labute approximate surface area is 309 Å². The highest BCUT2D eigenvalue weighted by Crippen LogP contribution is 2.36. The van der Waals surface area contributed by atoms with Crippen molar-refractivity contribution in [3.05, 3.63) is 118 Å². The maximum Gasteiger partial charge on any atom is 0.340 e. The van der Waals surface area contributed by atoms with Gasteiger partial charge in [-0.15, -0.1) is 0 Å². The molecule has 0 heterocycles. The number of aliphatic hydroxyl groups is 1. The summed E-state index contributed by atoms with van der Waals surface area (Å²) in [6.45, 7) is 16.6. The monoisotopic (exact) mass is 692 g/mol. The van der Waals surface area contributed by atoms with Crippen LogP contribution in [0.5, 0.6) is 0 Å². The third-order valence-electron chi connectivity index (χ3n) is 9.68. The zero-order chi connectivity index (χ0) is 37.4. The second-order valence-electron chi connectivity index (χ2n) is 15.1. The van der Waals surface area contributed by atoms with Crippen molar-refractivity contribution in [1.82, 2.24) is 0 Å². The molecule has 0 aliphatic carbocycles. The fourth-order valence-corrected chi connectivity index (χ4v) is 6.53. The van der Waals surface area contributed by atoms with E-state index < -0.39 is 23.8 Å². The van der Waals surface area contributed by atoms with E-state index in [9.17, 15) is 9.90 Å². The fourth-order valence-electron chi connectivity index (χ4n) is 6.53. The molecule has 2 atom stereocenters. The molecule has 0 saturated heterocycles. The van der Waals surface area contributed by atoms with Gasteiger partial charge in [-0.3, -0.25) is 0 Å². The molecule has 1 N–H and O–H groups in total. The molecule has 3 aromatic rings. The van der Waals surface area contributed by atoms with Crippen molar-refractivity contribution >= 4 is 27.5 Å². The van der Waals surface area contributed by atoms with Crippen molar-refractivity contribution in [2.24, 2.45) is 0 Å². The molecule has 0 aliphatic rings. The maximum absolute atomic E-state index is 13.8. The van der Waals surface area contributed by atoms with E-state index in [1.807, 2.05) is 48.5 Å². The minimum absolute atomic E-state index is 0.490. The number of carbonyl (C=O) groups is 1. The molecule has 0 aliphatic heterocycles. The number of rotatable bonds is 20. The smallest absolute Gasteiger partial charge is 0.340 e. The molecule has 0 saturated carbocycles. The summed E-state index contributed by atoms with van der Waals surface area (Å²) in [5.41, 5.74) is 6.59. The SMILES string of the molecule is CO[C@H](C(=O)O[C@H](CC/C(C)=C/CC/C(C)=C/CC/C=C(\C)CC/C=C(\C)CCC=C(C)C)C(C)(C)O)c1c2ccccc2cc2ccccc12. The van der Waals surface area contributed by atoms with Gasteiger partial charge in [0, 0.05) is 12.7 Å². The molecule has 0 bridgehead atoms. The summed E-state index contributed by atoms with van der Waals surface area (Å²) in [5, 5.41) is 15.0. The first-order valence-electron chi connectivity index (χ1n) is 18.9. The van der Waals surface area contributed by atoms with E-state index in [-0.39, 0.29) is 0 Å². The Morgan fingerprint density at radius 1 is 0.667 bits per heavy atom. The van der Waals surface area contributed by atoms with Crippen LogP contribution in [0.15, 0.2) is 113 Å². The molecule has 0 fully saturated rings. The largest absolute Gasteiger partial charge is 0.457 e. The molecule has 3 aromatic carbocycles. The van der Waals surface area contributed by atoms with E-state index in [2.05, 4.69) is 78.0 Å². The van der Waals surface area contributed by atoms with Crippen molar-refractivity contribution in [2.45, 2.75) is 137 Å². The molecular formula is C47H64O4. The Balaban J connectivity index is 1.51. The van der Waals surface area contributed by atoms with Crippen LogP contribution in [0.1, 0.15) is 131 Å². The summed E-state index contributed by atoms with van der Waals surface area (Å²) in [4.78, 5) is 13.8. The molecule has 4 heteroatoms. The molecule has 0 amide bonds. The lowest BCUT2D eigenvalue weighted by molar-refractivity contribution is -0.174. The topological polar surface area (TPSA) is 55.8 Å². The van der Waals surface area contributed by atoms with Gasteiger partial charge in [0.05, 0.1) is 5.60 Å². The molecule has 0 spiro atoms. The van der Waals surface area contributed by atoms with Gasteiger partial charge >= 0.3 is 5.97 Å². The summed E-state index contributed by atoms with van der Waals surface area (Å²) in [7, 11) is 1.54. The van der Waals surface area contributed by atoms with Gasteiger partial charge in [0.25, 0.3) is 0 Å². The number of unbranched alkanes of at least 4 members (excludes halogenated alkanes) is 1. The Kier molecular flexibility index (Phi) is 17.1. The average molecular weight is 693 g/mol. The van der Waals surface area contributed by atoms with Crippen molar-refractivity contribution in [2.75, 3.05) is 7.11 Å². The standard InChI is InChI=1S/C47H64O4/c1-34(2)19-16-22-37(5)25-17-23-35(3)20-10-11-21-36(4)24-18-26-38(6)31-32-43(47(7,8)49)51-46(48)45(50-9)44-41-29-14-12-27-39(41)33-40-28-13-15-30-42(40)44/h12-15,19-21,25-30,33,43,45,49H,10-11,16-18,22-24,31-32H2,1-9H3/b35-20+,36-21+,37-25+,38-26+/t43-,45+/m1/s1. The summed E-state index contributed by atoms with van der Waals surface area (Å²) in [6.07, 6.45) is 20.1. The van der Waals surface area contributed by atoms with Crippen molar-refractivity contribution in [3.63, 3.8) is 0 Å². The minimum atomic E-state index is -1.21. The number of methoxy groups -OCH3 is 1. The first kappa shape index (κ1) is 41.7. The quantitative estimate of drug-likeness (QED) is 0.0554. The number of fused-ring (bicyclic) bond motifs is 2. The van der Waals surface area contributed by atoms with Crippen molar-refractivity contribution < 1.29 is 19.4 Å². The summed E-state index contributed by atoms with van der Waals surface area (Å²) >= 11 is 0. The third kappa shape index (κ3) is 14.1. The first-order chi connectivity index (χ1) is 24.3. The predicted octanol–water partition coefficient (Wildman–Crippen LogP) is 13.0. The second-order valence-corrected chi connectivity index (χ2v) is 15.1. The zero-order valence-electron chi connectivity index (χ0n) is 33.0. The van der Waals surface area contributed by atoms with Gasteiger partial charge in [-0.25, -0.2) is 4.79 Å². The summed E-state index contributed by atoms with van der Waals surface area (Å²) in [6, 6.07) is 18.2. The van der Waals surface area contributed by atoms with Crippen LogP contribution in [0.2, 0.25) is 0 Å². The van der Waals surface area contributed by atoms with Crippen molar-refractivity contribution in [3.8, 4) is 0 Å². The molecule has 3 rings (SSSR count).